The van der Waals surface area contributed by atoms with Gasteiger partial charge in [0.1, 0.15) is 0 Å². The van der Waals surface area contributed by atoms with Crippen LogP contribution >= 0.6 is 0 Å². The third-order valence-electron chi connectivity index (χ3n) is 2.00. The Kier molecular flexibility index (Phi) is 6.71. The first-order chi connectivity index (χ1) is 5.14. The summed E-state index contributed by atoms with van der Waals surface area (Å²) in [6, 6.07) is 0. The Bertz CT molecular complexity index is 125. The summed E-state index contributed by atoms with van der Waals surface area (Å²) in [5, 5.41) is 10.1. The van der Waals surface area contributed by atoms with Crippen LogP contribution in [0, 0.1) is 0 Å². The number of halogens is 2. The van der Waals surface area contributed by atoms with Crippen molar-refractivity contribution < 1.29 is 65.3 Å². The Labute approximate surface area is 114 Å². The fourth-order valence-corrected chi connectivity index (χ4v) is 1.23. The fourth-order valence-electron chi connectivity index (χ4n) is 1.23. The van der Waals surface area contributed by atoms with Gasteiger partial charge in [0.2, 0.25) is 0 Å². The Hall–Kier alpha value is 1.42. The molecule has 2 nitrogen and oxygen atoms in total. The number of rotatable bonds is 2. The standard InChI is InChI=1S/C7H12F2NO.K/c8-7(9)1-3-10(4-2-7)5-6-11;/h1-6H2;/q-1;+1. The maximum atomic E-state index is 12.5. The predicted octanol–water partition coefficient (Wildman–Crippen LogP) is -2.92. The van der Waals surface area contributed by atoms with Crippen LogP contribution in [0.4, 0.5) is 8.78 Å². The molecule has 0 atom stereocenters. The van der Waals surface area contributed by atoms with Crippen molar-refractivity contribution in [2.45, 2.75) is 18.8 Å². The first-order valence-electron chi connectivity index (χ1n) is 3.82. The molecule has 0 bridgehead atoms. The van der Waals surface area contributed by atoms with E-state index in [1.807, 2.05) is 0 Å². The van der Waals surface area contributed by atoms with E-state index >= 15 is 0 Å². The summed E-state index contributed by atoms with van der Waals surface area (Å²) < 4.78 is 25.0. The second kappa shape index (κ2) is 6.00. The third kappa shape index (κ3) is 4.60. The molecule has 66 valence electrons. The van der Waals surface area contributed by atoms with Gasteiger partial charge >= 0.3 is 51.4 Å². The van der Waals surface area contributed by atoms with Gasteiger partial charge in [-0.15, -0.1) is 6.61 Å². The zero-order chi connectivity index (χ0) is 8.32. The van der Waals surface area contributed by atoms with Gasteiger partial charge in [-0.25, -0.2) is 8.78 Å². The van der Waals surface area contributed by atoms with Crippen LogP contribution < -0.4 is 56.5 Å². The first-order valence-corrected chi connectivity index (χ1v) is 3.82. The topological polar surface area (TPSA) is 26.3 Å². The molecule has 0 N–H and O–H groups in total. The van der Waals surface area contributed by atoms with Crippen LogP contribution in [0.25, 0.3) is 0 Å². The van der Waals surface area contributed by atoms with Crippen molar-refractivity contribution in [2.24, 2.45) is 0 Å². The van der Waals surface area contributed by atoms with E-state index in [-0.39, 0.29) is 70.8 Å². The molecular formula is C7H12F2KNO. The summed E-state index contributed by atoms with van der Waals surface area (Å²) in [7, 11) is 0. The average Bonchev–Trinajstić information content (AvgIpc) is 1.94. The van der Waals surface area contributed by atoms with Gasteiger partial charge < -0.3 is 10.0 Å². The van der Waals surface area contributed by atoms with E-state index in [0.717, 1.165) is 0 Å². The summed E-state index contributed by atoms with van der Waals surface area (Å²) in [6.07, 6.45) is -0.181. The number of nitrogens with zero attached hydrogens (tertiary/aromatic N) is 1. The molecule has 0 aliphatic carbocycles. The minimum Gasteiger partial charge on any atom is -0.854 e. The van der Waals surface area contributed by atoms with Crippen molar-refractivity contribution in [2.75, 3.05) is 26.2 Å². The number of hydrogen-bond donors (Lipinski definition) is 0. The van der Waals surface area contributed by atoms with Crippen molar-refractivity contribution >= 4 is 0 Å². The van der Waals surface area contributed by atoms with Gasteiger partial charge in [-0.05, 0) is 6.54 Å². The van der Waals surface area contributed by atoms with Crippen LogP contribution in [0.3, 0.4) is 0 Å². The van der Waals surface area contributed by atoms with Gasteiger partial charge in [0.05, 0.1) is 0 Å². The number of likely N-dealkylation sites (tertiary alicyclic amines) is 1. The third-order valence-corrected chi connectivity index (χ3v) is 2.00. The molecule has 0 aromatic rings. The van der Waals surface area contributed by atoms with Crippen LogP contribution in [0.1, 0.15) is 12.8 Å². The van der Waals surface area contributed by atoms with E-state index in [9.17, 15) is 13.9 Å². The zero-order valence-electron chi connectivity index (χ0n) is 7.35. The Morgan fingerprint density at radius 3 is 2.17 bits per heavy atom. The number of piperidine rings is 1. The Morgan fingerprint density at radius 2 is 1.75 bits per heavy atom. The monoisotopic (exact) mass is 203 g/mol. The molecule has 1 saturated heterocycles. The average molecular weight is 203 g/mol. The maximum absolute atomic E-state index is 12.5. The SMILES string of the molecule is [K+].[O-]CCN1CCC(F)(F)CC1. The van der Waals surface area contributed by atoms with Gasteiger partial charge in [-0.2, -0.15) is 0 Å². The van der Waals surface area contributed by atoms with E-state index in [1.165, 1.54) is 0 Å². The molecule has 0 spiro atoms. The second-order valence-corrected chi connectivity index (χ2v) is 2.90. The quantitative estimate of drug-likeness (QED) is 0.450. The zero-order valence-corrected chi connectivity index (χ0v) is 10.5. The van der Waals surface area contributed by atoms with Crippen LogP contribution in [0.2, 0.25) is 0 Å². The minimum absolute atomic E-state index is 0. The van der Waals surface area contributed by atoms with Gasteiger partial charge in [0.15, 0.2) is 0 Å². The fraction of sp³-hybridized carbons (Fsp3) is 1.00. The molecule has 0 radical (unpaired) electrons. The molecule has 1 rings (SSSR count). The summed E-state index contributed by atoms with van der Waals surface area (Å²) in [4.78, 5) is 1.80. The normalized spacial score (nSPS) is 23.2. The van der Waals surface area contributed by atoms with Crippen molar-refractivity contribution in [1.29, 1.82) is 0 Å². The van der Waals surface area contributed by atoms with Gasteiger partial charge in [-0.1, -0.05) is 0 Å². The largest absolute Gasteiger partial charge is 1.00 e. The second-order valence-electron chi connectivity index (χ2n) is 2.90. The summed E-state index contributed by atoms with van der Waals surface area (Å²) >= 11 is 0. The smallest absolute Gasteiger partial charge is 0.854 e. The number of alkyl halides is 2. The summed E-state index contributed by atoms with van der Waals surface area (Å²) in [6.45, 7) is 0.964. The van der Waals surface area contributed by atoms with Crippen molar-refractivity contribution in [3.63, 3.8) is 0 Å². The van der Waals surface area contributed by atoms with Crippen molar-refractivity contribution in [3.05, 3.63) is 0 Å². The van der Waals surface area contributed by atoms with Crippen LogP contribution in [0.5, 0.6) is 0 Å². The molecule has 0 saturated carbocycles. The minimum atomic E-state index is -2.49. The molecule has 1 aliphatic rings. The molecule has 0 aromatic heterocycles. The molecule has 1 heterocycles. The molecule has 0 amide bonds. The predicted molar refractivity (Wildman–Crippen MR) is 35.5 cm³/mol. The van der Waals surface area contributed by atoms with Crippen LogP contribution in [0.15, 0.2) is 0 Å². The van der Waals surface area contributed by atoms with E-state index in [4.69, 9.17) is 0 Å². The van der Waals surface area contributed by atoms with E-state index < -0.39 is 5.92 Å². The van der Waals surface area contributed by atoms with Gasteiger partial charge in [-0.3, -0.25) is 0 Å². The van der Waals surface area contributed by atoms with E-state index in [0.29, 0.717) is 19.6 Å². The molecular weight excluding hydrogens is 191 g/mol. The van der Waals surface area contributed by atoms with Crippen LogP contribution in [-0.2, 0) is 0 Å². The Morgan fingerprint density at radius 1 is 1.25 bits per heavy atom. The van der Waals surface area contributed by atoms with Gasteiger partial charge in [0.25, 0.3) is 5.92 Å². The van der Waals surface area contributed by atoms with E-state index in [1.54, 1.807) is 4.90 Å². The van der Waals surface area contributed by atoms with Gasteiger partial charge in [0, 0.05) is 25.9 Å². The molecule has 12 heavy (non-hydrogen) atoms. The molecule has 1 fully saturated rings. The first kappa shape index (κ1) is 13.4. The number of hydrogen-bond acceptors (Lipinski definition) is 2. The summed E-state index contributed by atoms with van der Waals surface area (Å²) in [5.41, 5.74) is 0. The summed E-state index contributed by atoms with van der Waals surface area (Å²) in [5.74, 6) is -2.49. The Balaban J connectivity index is 0.00000121. The molecule has 1 aliphatic heterocycles. The van der Waals surface area contributed by atoms with E-state index in [2.05, 4.69) is 0 Å². The van der Waals surface area contributed by atoms with Crippen molar-refractivity contribution in [3.8, 4) is 0 Å². The van der Waals surface area contributed by atoms with Crippen molar-refractivity contribution in [1.82, 2.24) is 4.90 Å². The molecule has 5 heteroatoms. The van der Waals surface area contributed by atoms with Crippen LogP contribution in [-0.4, -0.2) is 37.1 Å². The maximum Gasteiger partial charge on any atom is 1.00 e. The molecule has 0 aromatic carbocycles. The molecule has 0 unspecified atom stereocenters.